The minimum absolute atomic E-state index is 0.314. The third-order valence-corrected chi connectivity index (χ3v) is 3.02. The number of carbonyl (C=O) groups excluding carboxylic acids is 1. The van der Waals surface area contributed by atoms with Gasteiger partial charge in [-0.15, -0.1) is 11.8 Å². The summed E-state index contributed by atoms with van der Waals surface area (Å²) in [6, 6.07) is 9.03. The van der Waals surface area contributed by atoms with Gasteiger partial charge in [0.25, 0.3) is 0 Å². The maximum atomic E-state index is 11.4. The van der Waals surface area contributed by atoms with Crippen molar-refractivity contribution in [3.63, 3.8) is 0 Å². The summed E-state index contributed by atoms with van der Waals surface area (Å²) in [5.41, 5.74) is 0. The second kappa shape index (κ2) is 6.08. The number of rotatable bonds is 3. The van der Waals surface area contributed by atoms with Crippen molar-refractivity contribution in [1.82, 2.24) is 0 Å². The molecule has 14 heavy (non-hydrogen) atoms. The molecule has 0 aliphatic heterocycles. The van der Waals surface area contributed by atoms with Gasteiger partial charge in [-0.3, -0.25) is 0 Å². The number of halogens is 1. The van der Waals surface area contributed by atoms with E-state index in [-0.39, 0.29) is 5.97 Å². The Morgan fingerprint density at radius 1 is 1.43 bits per heavy atom. The number of thioether (sulfide) groups is 1. The Bertz CT molecular complexity index is 335. The van der Waals surface area contributed by atoms with Gasteiger partial charge < -0.3 is 4.74 Å². The van der Waals surface area contributed by atoms with Gasteiger partial charge in [-0.1, -0.05) is 18.2 Å². The molecule has 0 fully saturated rings. The summed E-state index contributed by atoms with van der Waals surface area (Å²) in [7, 11) is 0. The molecule has 0 amide bonds. The summed E-state index contributed by atoms with van der Waals surface area (Å²) >= 11 is 3.44. The van der Waals surface area contributed by atoms with Crippen molar-refractivity contribution in [2.75, 3.05) is 6.26 Å². The summed E-state index contributed by atoms with van der Waals surface area (Å²) < 4.78 is 5.68. The van der Waals surface area contributed by atoms with Crippen LogP contribution in [0.2, 0.25) is 0 Å². The number of hydrogen-bond donors (Lipinski definition) is 0. The molecule has 0 atom stereocenters. The van der Waals surface area contributed by atoms with Crippen LogP contribution < -0.4 is 4.74 Å². The molecule has 2 nitrogen and oxygen atoms in total. The van der Waals surface area contributed by atoms with Crippen molar-refractivity contribution in [3.8, 4) is 5.75 Å². The Kier molecular flexibility index (Phi) is 5.03. The Morgan fingerprint density at radius 3 is 2.64 bits per heavy atom. The molecule has 4 heteroatoms. The van der Waals surface area contributed by atoms with Crippen LogP contribution in [0.15, 0.2) is 39.3 Å². The quantitative estimate of drug-likeness (QED) is 0.370. The predicted molar refractivity (Wildman–Crippen MR) is 67.7 cm³/mol. The molecule has 0 saturated heterocycles. The van der Waals surface area contributed by atoms with Gasteiger partial charge in [0.1, 0.15) is 9.33 Å². The van der Waals surface area contributed by atoms with Crippen molar-refractivity contribution in [1.29, 1.82) is 0 Å². The van der Waals surface area contributed by atoms with Crippen LogP contribution in [-0.2, 0) is 4.79 Å². The standard InChI is InChI=1S/C10H9IO2S/c1-14-7-9(11)10(12)13-8-5-3-2-4-6-8/h2-7H,1H3/b9-7+. The van der Waals surface area contributed by atoms with Crippen LogP contribution in [0.5, 0.6) is 5.75 Å². The molecule has 0 bridgehead atoms. The molecule has 74 valence electrons. The Balaban J connectivity index is 2.62. The first-order chi connectivity index (χ1) is 6.74. The van der Waals surface area contributed by atoms with E-state index in [9.17, 15) is 4.79 Å². The first-order valence-corrected chi connectivity index (χ1v) is 6.26. The zero-order valence-corrected chi connectivity index (χ0v) is 10.5. The molecule has 0 unspecified atom stereocenters. The molecule has 0 aliphatic carbocycles. The van der Waals surface area contributed by atoms with E-state index in [4.69, 9.17) is 4.74 Å². The van der Waals surface area contributed by atoms with Crippen LogP contribution in [0.3, 0.4) is 0 Å². The van der Waals surface area contributed by atoms with E-state index < -0.39 is 0 Å². The van der Waals surface area contributed by atoms with E-state index >= 15 is 0 Å². The third-order valence-electron chi connectivity index (χ3n) is 1.37. The van der Waals surface area contributed by atoms with Gasteiger partial charge in [0, 0.05) is 0 Å². The van der Waals surface area contributed by atoms with Crippen molar-refractivity contribution in [2.24, 2.45) is 0 Å². The number of benzene rings is 1. The molecule has 0 N–H and O–H groups in total. The summed E-state index contributed by atoms with van der Waals surface area (Å²) in [4.78, 5) is 11.4. The third kappa shape index (κ3) is 3.71. The Hall–Kier alpha value is -0.490. The minimum atomic E-state index is -0.314. The van der Waals surface area contributed by atoms with Gasteiger partial charge in [-0.2, -0.15) is 0 Å². The Morgan fingerprint density at radius 2 is 2.07 bits per heavy atom. The molecular weight excluding hydrogens is 311 g/mol. The highest BCUT2D eigenvalue weighted by molar-refractivity contribution is 14.1. The molecule has 0 heterocycles. The van der Waals surface area contributed by atoms with Gasteiger partial charge in [0.2, 0.25) is 0 Å². The lowest BCUT2D eigenvalue weighted by atomic mass is 10.3. The van der Waals surface area contributed by atoms with Crippen molar-refractivity contribution < 1.29 is 9.53 Å². The van der Waals surface area contributed by atoms with Crippen molar-refractivity contribution in [3.05, 3.63) is 39.3 Å². The normalized spacial score (nSPS) is 11.1. The number of hydrogen-bond acceptors (Lipinski definition) is 3. The zero-order chi connectivity index (χ0) is 10.4. The van der Waals surface area contributed by atoms with Gasteiger partial charge in [-0.25, -0.2) is 4.79 Å². The second-order valence-corrected chi connectivity index (χ2v) is 4.27. The number of ether oxygens (including phenoxy) is 1. The number of para-hydroxylation sites is 1. The smallest absolute Gasteiger partial charge is 0.350 e. The van der Waals surface area contributed by atoms with Crippen molar-refractivity contribution in [2.45, 2.75) is 0 Å². The average Bonchev–Trinajstić information content (AvgIpc) is 2.19. The highest BCUT2D eigenvalue weighted by Gasteiger charge is 2.07. The molecule has 0 radical (unpaired) electrons. The minimum Gasteiger partial charge on any atom is -0.423 e. The van der Waals surface area contributed by atoms with Crippen LogP contribution >= 0.6 is 34.4 Å². The molecule has 1 rings (SSSR count). The van der Waals surface area contributed by atoms with Gasteiger partial charge in [0.15, 0.2) is 0 Å². The zero-order valence-electron chi connectivity index (χ0n) is 7.57. The van der Waals surface area contributed by atoms with Crippen molar-refractivity contribution >= 4 is 40.3 Å². The first kappa shape index (κ1) is 11.6. The van der Waals surface area contributed by atoms with E-state index in [1.165, 1.54) is 11.8 Å². The summed E-state index contributed by atoms with van der Waals surface area (Å²) in [5, 5.41) is 1.76. The highest BCUT2D eigenvalue weighted by Crippen LogP contribution is 2.16. The Labute approximate surface area is 101 Å². The predicted octanol–water partition coefficient (Wildman–Crippen LogP) is 3.23. The molecule has 0 aliphatic rings. The second-order valence-electron chi connectivity index (χ2n) is 2.40. The van der Waals surface area contributed by atoms with Crippen LogP contribution in [0, 0.1) is 0 Å². The maximum absolute atomic E-state index is 11.4. The highest BCUT2D eigenvalue weighted by atomic mass is 127. The average molecular weight is 320 g/mol. The lowest BCUT2D eigenvalue weighted by Gasteiger charge is -2.01. The lowest BCUT2D eigenvalue weighted by molar-refractivity contribution is -0.129. The molecule has 1 aromatic rings. The molecule has 0 saturated carbocycles. The van der Waals surface area contributed by atoms with Gasteiger partial charge >= 0.3 is 5.97 Å². The maximum Gasteiger partial charge on any atom is 0.350 e. The van der Waals surface area contributed by atoms with Crippen LogP contribution in [0.4, 0.5) is 0 Å². The molecule has 0 aromatic heterocycles. The monoisotopic (exact) mass is 320 g/mol. The summed E-state index contributed by atoms with van der Waals surface area (Å²) in [6.07, 6.45) is 1.90. The number of carbonyl (C=O) groups is 1. The van der Waals surface area contributed by atoms with E-state index in [0.717, 1.165) is 0 Å². The first-order valence-electron chi connectivity index (χ1n) is 3.89. The topological polar surface area (TPSA) is 26.3 Å². The van der Waals surface area contributed by atoms with E-state index in [1.807, 2.05) is 47.0 Å². The van der Waals surface area contributed by atoms with Crippen LogP contribution in [-0.4, -0.2) is 12.2 Å². The van der Waals surface area contributed by atoms with Crippen LogP contribution in [0.25, 0.3) is 0 Å². The van der Waals surface area contributed by atoms with E-state index in [2.05, 4.69) is 0 Å². The van der Waals surface area contributed by atoms with E-state index in [1.54, 1.807) is 17.5 Å². The fourth-order valence-corrected chi connectivity index (χ4v) is 1.97. The molecular formula is C10H9IO2S. The molecule has 0 spiro atoms. The fourth-order valence-electron chi connectivity index (χ4n) is 0.796. The lowest BCUT2D eigenvalue weighted by Crippen LogP contribution is -2.06. The SMILES string of the molecule is CS/C=C(/I)C(=O)Oc1ccccc1. The largest absolute Gasteiger partial charge is 0.423 e. The van der Waals surface area contributed by atoms with E-state index in [0.29, 0.717) is 9.33 Å². The fraction of sp³-hybridized carbons (Fsp3) is 0.100. The summed E-state index contributed by atoms with van der Waals surface area (Å²) in [5.74, 6) is 0.257. The number of esters is 1. The van der Waals surface area contributed by atoms with Gasteiger partial charge in [-0.05, 0) is 46.4 Å². The molecule has 1 aromatic carbocycles. The summed E-state index contributed by atoms with van der Waals surface area (Å²) in [6.45, 7) is 0. The van der Waals surface area contributed by atoms with Gasteiger partial charge in [0.05, 0.1) is 0 Å². The van der Waals surface area contributed by atoms with Crippen LogP contribution in [0.1, 0.15) is 0 Å².